The van der Waals surface area contributed by atoms with Crippen molar-refractivity contribution in [2.45, 2.75) is 52.5 Å². The molecule has 0 spiro atoms. The van der Waals surface area contributed by atoms with Crippen LogP contribution in [-0.4, -0.2) is 53.8 Å². The van der Waals surface area contributed by atoms with Gasteiger partial charge in [-0.25, -0.2) is 0 Å². The second-order valence-electron chi connectivity index (χ2n) is 7.48. The maximum Gasteiger partial charge on any atom is 0.228 e. The minimum Gasteiger partial charge on any atom is -0.339 e. The van der Waals surface area contributed by atoms with E-state index in [1.54, 1.807) is 0 Å². The fourth-order valence-electron chi connectivity index (χ4n) is 3.31. The molecule has 2 fully saturated rings. The summed E-state index contributed by atoms with van der Waals surface area (Å²) in [6.45, 7) is 8.43. The molecule has 0 aromatic carbocycles. The predicted molar refractivity (Wildman–Crippen MR) is 82.5 cm³/mol. The molecule has 0 aromatic rings. The molecule has 2 amide bonds. The number of nitrogens with zero attached hydrogens (tertiary/aromatic N) is 2. The summed E-state index contributed by atoms with van der Waals surface area (Å²) >= 11 is 0. The van der Waals surface area contributed by atoms with Crippen LogP contribution in [0.4, 0.5) is 0 Å². The van der Waals surface area contributed by atoms with Crippen molar-refractivity contribution in [2.24, 2.45) is 17.1 Å². The number of nitrogens with two attached hydrogens (primary N) is 1. The Labute approximate surface area is 127 Å². The number of piperazine rings is 1. The van der Waals surface area contributed by atoms with Gasteiger partial charge in [0.25, 0.3) is 0 Å². The van der Waals surface area contributed by atoms with Gasteiger partial charge in [0, 0.05) is 44.1 Å². The zero-order valence-electron chi connectivity index (χ0n) is 13.6. The van der Waals surface area contributed by atoms with E-state index >= 15 is 0 Å². The maximum atomic E-state index is 12.3. The molecule has 5 nitrogen and oxygen atoms in total. The van der Waals surface area contributed by atoms with E-state index in [-0.39, 0.29) is 23.3 Å². The molecular weight excluding hydrogens is 266 g/mol. The Kier molecular flexibility index (Phi) is 4.91. The molecule has 2 N–H and O–H groups in total. The second-order valence-corrected chi connectivity index (χ2v) is 7.48. The molecule has 0 unspecified atom stereocenters. The van der Waals surface area contributed by atoms with Gasteiger partial charge in [-0.3, -0.25) is 9.59 Å². The van der Waals surface area contributed by atoms with E-state index in [4.69, 9.17) is 5.73 Å². The van der Waals surface area contributed by atoms with Crippen molar-refractivity contribution in [3.05, 3.63) is 0 Å². The highest BCUT2D eigenvalue weighted by molar-refractivity contribution is 5.82. The number of rotatable bonds is 2. The third kappa shape index (κ3) is 3.96. The Morgan fingerprint density at radius 1 is 1.05 bits per heavy atom. The van der Waals surface area contributed by atoms with Crippen LogP contribution in [0, 0.1) is 11.3 Å². The molecule has 21 heavy (non-hydrogen) atoms. The van der Waals surface area contributed by atoms with E-state index in [0.717, 1.165) is 19.3 Å². The number of carbonyl (C=O) groups excluding carboxylic acids is 2. The van der Waals surface area contributed by atoms with E-state index in [2.05, 4.69) is 0 Å². The third-order valence-electron chi connectivity index (χ3n) is 4.72. The Hall–Kier alpha value is -1.10. The first-order chi connectivity index (χ1) is 9.79. The van der Waals surface area contributed by atoms with Crippen molar-refractivity contribution in [1.82, 2.24) is 9.80 Å². The van der Waals surface area contributed by atoms with Gasteiger partial charge in [-0.05, 0) is 18.8 Å². The topological polar surface area (TPSA) is 66.6 Å². The number of amides is 2. The standard InChI is InChI=1S/C16H29N3O2/c1-16(2,3)15(21)19-9-7-18(8-10-19)14(20)11-12-5-4-6-13(12)17/h12-13H,4-11,17H2,1-3H3/t12-,13+/m0/s1. The van der Waals surface area contributed by atoms with E-state index in [9.17, 15) is 9.59 Å². The number of hydrogen-bond acceptors (Lipinski definition) is 3. The van der Waals surface area contributed by atoms with Crippen molar-refractivity contribution in [2.75, 3.05) is 26.2 Å². The van der Waals surface area contributed by atoms with Crippen molar-refractivity contribution in [3.8, 4) is 0 Å². The van der Waals surface area contributed by atoms with Gasteiger partial charge in [0.1, 0.15) is 0 Å². The fourth-order valence-corrected chi connectivity index (χ4v) is 3.31. The fraction of sp³-hybridized carbons (Fsp3) is 0.875. The molecular formula is C16H29N3O2. The van der Waals surface area contributed by atoms with Crippen molar-refractivity contribution < 1.29 is 9.59 Å². The molecule has 0 bridgehead atoms. The van der Waals surface area contributed by atoms with Gasteiger partial charge in [0.15, 0.2) is 0 Å². The van der Waals surface area contributed by atoms with E-state index in [1.807, 2.05) is 30.6 Å². The van der Waals surface area contributed by atoms with Crippen LogP contribution in [0.25, 0.3) is 0 Å². The van der Waals surface area contributed by atoms with Crippen LogP contribution < -0.4 is 5.73 Å². The van der Waals surface area contributed by atoms with Crippen LogP contribution >= 0.6 is 0 Å². The lowest BCUT2D eigenvalue weighted by Gasteiger charge is -2.38. The Balaban J connectivity index is 1.81. The van der Waals surface area contributed by atoms with Gasteiger partial charge in [0.2, 0.25) is 11.8 Å². The minimum absolute atomic E-state index is 0.174. The molecule has 1 saturated heterocycles. The summed E-state index contributed by atoms with van der Waals surface area (Å²) in [4.78, 5) is 28.3. The SMILES string of the molecule is CC(C)(C)C(=O)N1CCN(C(=O)C[C@@H]2CCC[C@H]2N)CC1. The van der Waals surface area contributed by atoms with Crippen LogP contribution in [-0.2, 0) is 9.59 Å². The summed E-state index contributed by atoms with van der Waals surface area (Å²) in [6, 6.07) is 0.192. The first-order valence-electron chi connectivity index (χ1n) is 8.12. The van der Waals surface area contributed by atoms with Gasteiger partial charge in [-0.1, -0.05) is 27.2 Å². The van der Waals surface area contributed by atoms with Crippen LogP contribution in [0.3, 0.4) is 0 Å². The molecule has 0 aromatic heterocycles. The molecule has 5 heteroatoms. The van der Waals surface area contributed by atoms with Crippen LogP contribution in [0.5, 0.6) is 0 Å². The minimum atomic E-state index is -0.344. The smallest absolute Gasteiger partial charge is 0.228 e. The maximum absolute atomic E-state index is 12.3. The molecule has 1 saturated carbocycles. The van der Waals surface area contributed by atoms with E-state index in [0.29, 0.717) is 38.5 Å². The first-order valence-corrected chi connectivity index (χ1v) is 8.12. The summed E-state index contributed by atoms with van der Waals surface area (Å²) in [5.74, 6) is 0.736. The summed E-state index contributed by atoms with van der Waals surface area (Å²) < 4.78 is 0. The van der Waals surface area contributed by atoms with Crippen molar-refractivity contribution in [1.29, 1.82) is 0 Å². The number of carbonyl (C=O) groups is 2. The lowest BCUT2D eigenvalue weighted by atomic mass is 9.94. The highest BCUT2D eigenvalue weighted by atomic mass is 16.2. The van der Waals surface area contributed by atoms with Gasteiger partial charge in [0.05, 0.1) is 0 Å². The second kappa shape index (κ2) is 6.34. The first kappa shape index (κ1) is 16.3. The zero-order valence-corrected chi connectivity index (χ0v) is 13.6. The molecule has 2 aliphatic rings. The molecule has 1 heterocycles. The summed E-state index contributed by atoms with van der Waals surface area (Å²) in [6.07, 6.45) is 3.85. The lowest BCUT2D eigenvalue weighted by molar-refractivity contribution is -0.145. The van der Waals surface area contributed by atoms with Gasteiger partial charge >= 0.3 is 0 Å². The Morgan fingerprint density at radius 3 is 2.10 bits per heavy atom. The average Bonchev–Trinajstić information content (AvgIpc) is 2.82. The quantitative estimate of drug-likeness (QED) is 0.833. The largest absolute Gasteiger partial charge is 0.339 e. The normalized spacial score (nSPS) is 27.0. The predicted octanol–water partition coefficient (Wildman–Crippen LogP) is 1.22. The van der Waals surface area contributed by atoms with Crippen molar-refractivity contribution in [3.63, 3.8) is 0 Å². The van der Waals surface area contributed by atoms with Crippen LogP contribution in [0.1, 0.15) is 46.5 Å². The van der Waals surface area contributed by atoms with E-state index in [1.165, 1.54) is 0 Å². The van der Waals surface area contributed by atoms with Crippen LogP contribution in [0.2, 0.25) is 0 Å². The zero-order chi connectivity index (χ0) is 15.6. The Bertz CT molecular complexity index is 395. The average molecular weight is 295 g/mol. The van der Waals surface area contributed by atoms with E-state index < -0.39 is 0 Å². The third-order valence-corrected chi connectivity index (χ3v) is 4.72. The van der Waals surface area contributed by atoms with Gasteiger partial charge in [-0.2, -0.15) is 0 Å². The van der Waals surface area contributed by atoms with Crippen molar-refractivity contribution >= 4 is 11.8 Å². The van der Waals surface area contributed by atoms with Gasteiger partial charge in [-0.15, -0.1) is 0 Å². The summed E-state index contributed by atoms with van der Waals surface area (Å²) in [7, 11) is 0. The monoisotopic (exact) mass is 295 g/mol. The van der Waals surface area contributed by atoms with Crippen LogP contribution in [0.15, 0.2) is 0 Å². The molecule has 2 rings (SSSR count). The molecule has 1 aliphatic carbocycles. The number of hydrogen-bond donors (Lipinski definition) is 1. The molecule has 2 atom stereocenters. The lowest BCUT2D eigenvalue weighted by Crippen LogP contribution is -2.53. The highest BCUT2D eigenvalue weighted by Gasteiger charge is 2.32. The molecule has 0 radical (unpaired) electrons. The molecule has 120 valence electrons. The summed E-state index contributed by atoms with van der Waals surface area (Å²) in [5.41, 5.74) is 5.70. The van der Waals surface area contributed by atoms with Gasteiger partial charge < -0.3 is 15.5 Å². The summed E-state index contributed by atoms with van der Waals surface area (Å²) in [5, 5.41) is 0. The highest BCUT2D eigenvalue weighted by Crippen LogP contribution is 2.27. The Morgan fingerprint density at radius 2 is 1.62 bits per heavy atom. The molecule has 1 aliphatic heterocycles.